The lowest BCUT2D eigenvalue weighted by atomic mass is 9.95. The summed E-state index contributed by atoms with van der Waals surface area (Å²) in [7, 11) is 0. The first kappa shape index (κ1) is 101. The summed E-state index contributed by atoms with van der Waals surface area (Å²) < 4.78 is 137. The largest absolute Gasteiger partial charge is 0.459 e. The molecule has 1 N–H and O–H groups in total. The van der Waals surface area contributed by atoms with E-state index in [-0.39, 0.29) is 83.1 Å². The molecule has 4 aliphatic rings. The standard InChI is InChI=1S/C115H102O30/c116-103(78-48-22-5-23-49-78)130-71-89-93(138-105(118)80-52-26-7-27-53-80)97(140-107(120)82-56-30-9-31-57-82)102(144-111(124)86-64-38-13-39-65-86)115(136-89)145-94-90(73-131-113-100(129-69-77-46-20-4-21-47-77)95(128-68-76-44-18-3-19-45-76)91(127-67-75-42-16-2-17-43-75)87(134-113)70-126-66-74-40-14-1-15-41-74)135-114(101(143-110(123)85-62-36-12-37-63-85)98(94)141-108(121)83-58-32-10-33-59-83)132-72-88-92(137-104(117)79-50-24-6-25-51-79)96(139-106(119)81-54-28-8-29-55-81)99(112(125)133-88)142-109(122)84-60-34-11-35-61-84/h1-65,87-102,112-115,125H,66-73H2/t87-,88-,89-,90-,91+,92+,93-,94+,95+,96+,97+,98+,99-,100-,101-,102+,112-,113-,114-,115-/m1/s1. The van der Waals surface area contributed by atoms with Crippen LogP contribution in [0.25, 0.3) is 0 Å². The number of ether oxygens (including phenoxy) is 20. The summed E-state index contributed by atoms with van der Waals surface area (Å²) in [6, 6.07) is 106. The zero-order valence-corrected chi connectivity index (χ0v) is 78.0. The third-order valence-electron chi connectivity index (χ3n) is 24.2. The number of benzene rings is 13. The second-order valence-corrected chi connectivity index (χ2v) is 34.1. The molecule has 0 spiro atoms. The zero-order valence-electron chi connectivity index (χ0n) is 78.0. The predicted molar refractivity (Wildman–Crippen MR) is 517 cm³/mol. The number of carbonyl (C=O) groups excluding carboxylic acids is 9. The van der Waals surface area contributed by atoms with Crippen molar-refractivity contribution < 1.29 is 143 Å². The highest BCUT2D eigenvalue weighted by Gasteiger charge is 2.61. The Morgan fingerprint density at radius 3 is 0.759 bits per heavy atom. The van der Waals surface area contributed by atoms with E-state index in [1.807, 2.05) is 121 Å². The molecule has 0 saturated carbocycles. The van der Waals surface area contributed by atoms with E-state index in [4.69, 9.17) is 94.7 Å². The van der Waals surface area contributed by atoms with E-state index < -0.39 is 196 Å². The Balaban J connectivity index is 0.851. The van der Waals surface area contributed by atoms with Crippen LogP contribution in [0.4, 0.5) is 0 Å². The molecule has 0 bridgehead atoms. The number of aliphatic hydroxyl groups is 1. The molecule has 145 heavy (non-hydrogen) atoms. The molecule has 4 fully saturated rings. The molecule has 17 rings (SSSR count). The van der Waals surface area contributed by atoms with Crippen LogP contribution in [0.3, 0.4) is 0 Å². The van der Waals surface area contributed by atoms with Gasteiger partial charge in [0.1, 0.15) is 55.4 Å². The van der Waals surface area contributed by atoms with Crippen LogP contribution < -0.4 is 0 Å². The van der Waals surface area contributed by atoms with Crippen molar-refractivity contribution in [3.8, 4) is 0 Å². The topological polar surface area (TPSA) is 358 Å². The van der Waals surface area contributed by atoms with Crippen LogP contribution in [0, 0.1) is 0 Å². The Labute approximate surface area is 834 Å². The average molecular weight is 1960 g/mol. The maximum absolute atomic E-state index is 16.0. The normalized spacial score (nSPS) is 23.8. The van der Waals surface area contributed by atoms with Crippen molar-refractivity contribution in [1.29, 1.82) is 0 Å². The van der Waals surface area contributed by atoms with Crippen molar-refractivity contribution in [2.75, 3.05) is 26.4 Å². The molecule has 30 nitrogen and oxygen atoms in total. The van der Waals surface area contributed by atoms with Gasteiger partial charge in [0.15, 0.2) is 74.0 Å². The molecule has 13 aromatic carbocycles. The van der Waals surface area contributed by atoms with E-state index in [9.17, 15) is 19.5 Å². The van der Waals surface area contributed by atoms with Gasteiger partial charge >= 0.3 is 53.7 Å². The first-order valence-electron chi connectivity index (χ1n) is 47.1. The fourth-order valence-electron chi connectivity index (χ4n) is 16.9. The number of esters is 9. The SMILES string of the molecule is O=C(OC[C@H]1O[C@H](O[C@@H]2[C@H](OC(=O)c3ccccc3)[C@@H](OC(=O)c3ccccc3)[C@H](OC[C@H]3O[C@@H](O)[C@H](OC(=O)c4ccccc4)[C@@H](OC(=O)c4ccccc4)[C@H]3OC(=O)c3ccccc3)O[C@@H]2CO[C@@H]2O[C@H](COCc3ccccc3)[C@H](OCc3ccccc3)[C@H](OCc3ccccc3)[C@H]2OCc2ccccc2)[C@@H](OC(=O)c2ccccc2)[C@@H](OC(=O)c2ccccc2)[C@@H]1OC(=O)c1ccccc1)c1ccccc1. The van der Waals surface area contributed by atoms with Crippen LogP contribution >= 0.6 is 0 Å². The molecule has 4 aliphatic heterocycles. The first-order chi connectivity index (χ1) is 71.1. The van der Waals surface area contributed by atoms with Gasteiger partial charge in [0, 0.05) is 0 Å². The van der Waals surface area contributed by atoms with Gasteiger partial charge in [-0.15, -0.1) is 0 Å². The minimum absolute atomic E-state index is 0.00811. The maximum Gasteiger partial charge on any atom is 0.338 e. The molecule has 0 aromatic heterocycles. The number of rotatable bonds is 40. The van der Waals surface area contributed by atoms with E-state index >= 15 is 28.8 Å². The van der Waals surface area contributed by atoms with E-state index in [1.165, 1.54) is 121 Å². The molecule has 0 radical (unpaired) electrons. The lowest BCUT2D eigenvalue weighted by Crippen LogP contribution is -2.68. The van der Waals surface area contributed by atoms with Gasteiger partial charge in [-0.05, 0) is 131 Å². The number of carbonyl (C=O) groups is 9. The van der Waals surface area contributed by atoms with Crippen molar-refractivity contribution >= 4 is 53.7 Å². The predicted octanol–water partition coefficient (Wildman–Crippen LogP) is 15.9. The van der Waals surface area contributed by atoms with Crippen LogP contribution in [0.15, 0.2) is 394 Å². The average Bonchev–Trinajstić information content (AvgIpc) is 0.756. The summed E-state index contributed by atoms with van der Waals surface area (Å²) in [6.45, 7) is -3.10. The highest BCUT2D eigenvalue weighted by atomic mass is 16.8. The second-order valence-electron chi connectivity index (χ2n) is 34.1. The third-order valence-corrected chi connectivity index (χ3v) is 24.2. The molecule has 13 aromatic rings. The van der Waals surface area contributed by atoms with Crippen LogP contribution in [0.2, 0.25) is 0 Å². The molecule has 4 heterocycles. The number of hydrogen-bond donors (Lipinski definition) is 1. The lowest BCUT2D eigenvalue weighted by Gasteiger charge is -2.50. The Morgan fingerprint density at radius 1 is 0.193 bits per heavy atom. The van der Waals surface area contributed by atoms with E-state index in [0.29, 0.717) is 5.56 Å². The van der Waals surface area contributed by atoms with Crippen LogP contribution in [0.5, 0.6) is 0 Å². The van der Waals surface area contributed by atoms with Crippen LogP contribution in [0.1, 0.15) is 115 Å². The van der Waals surface area contributed by atoms with Crippen molar-refractivity contribution in [2.24, 2.45) is 0 Å². The van der Waals surface area contributed by atoms with Gasteiger partial charge in [-0.3, -0.25) is 0 Å². The summed E-state index contributed by atoms with van der Waals surface area (Å²) in [6.07, 6.45) is -38.2. The quantitative estimate of drug-likeness (QED) is 0.0275. The Morgan fingerprint density at radius 2 is 0.421 bits per heavy atom. The van der Waals surface area contributed by atoms with Crippen molar-refractivity contribution in [3.05, 3.63) is 467 Å². The summed E-state index contributed by atoms with van der Waals surface area (Å²) >= 11 is 0. The molecule has 20 atom stereocenters. The fourth-order valence-corrected chi connectivity index (χ4v) is 16.9. The number of aliphatic hydroxyl groups excluding tert-OH is 1. The Hall–Kier alpha value is -15.4. The van der Waals surface area contributed by atoms with Crippen LogP contribution in [-0.4, -0.2) is 208 Å². The molecule has 0 aliphatic carbocycles. The second kappa shape index (κ2) is 50.5. The first-order valence-corrected chi connectivity index (χ1v) is 47.1. The molecule has 30 heteroatoms. The van der Waals surface area contributed by atoms with E-state index in [0.717, 1.165) is 16.7 Å². The van der Waals surface area contributed by atoms with Gasteiger partial charge in [0.05, 0.1) is 96.3 Å². The van der Waals surface area contributed by atoms with Crippen molar-refractivity contribution in [3.63, 3.8) is 0 Å². The summed E-state index contributed by atoms with van der Waals surface area (Å²) in [5.41, 5.74) is 2.48. The van der Waals surface area contributed by atoms with Gasteiger partial charge in [-0.1, -0.05) is 285 Å². The molecule has 0 amide bonds. The van der Waals surface area contributed by atoms with Crippen LogP contribution in [-0.2, 0) is 121 Å². The molecule has 742 valence electrons. The third kappa shape index (κ3) is 26.9. The molecular weight excluding hydrogens is 1860 g/mol. The monoisotopic (exact) mass is 1960 g/mol. The lowest BCUT2D eigenvalue weighted by molar-refractivity contribution is -0.371. The van der Waals surface area contributed by atoms with Crippen molar-refractivity contribution in [2.45, 2.75) is 149 Å². The zero-order chi connectivity index (χ0) is 100. The van der Waals surface area contributed by atoms with Gasteiger partial charge in [0.25, 0.3) is 0 Å². The highest BCUT2D eigenvalue weighted by Crippen LogP contribution is 2.41. The van der Waals surface area contributed by atoms with Gasteiger partial charge in [-0.2, -0.15) is 0 Å². The number of hydrogen-bond acceptors (Lipinski definition) is 30. The molecule has 4 saturated heterocycles. The van der Waals surface area contributed by atoms with E-state index in [1.54, 1.807) is 152 Å². The minimum atomic E-state index is -2.33. The van der Waals surface area contributed by atoms with Gasteiger partial charge < -0.3 is 99.8 Å². The van der Waals surface area contributed by atoms with Gasteiger partial charge in [-0.25, -0.2) is 43.2 Å². The summed E-state index contributed by atoms with van der Waals surface area (Å²) in [4.78, 5) is 137. The minimum Gasteiger partial charge on any atom is -0.459 e. The summed E-state index contributed by atoms with van der Waals surface area (Å²) in [5.74, 6) is -9.68. The Bertz CT molecular complexity index is 6330. The van der Waals surface area contributed by atoms with Crippen molar-refractivity contribution in [1.82, 2.24) is 0 Å². The Kier molecular flexibility index (Phi) is 35.2. The molecule has 0 unspecified atom stereocenters. The smallest absolute Gasteiger partial charge is 0.338 e. The summed E-state index contributed by atoms with van der Waals surface area (Å²) in [5, 5.41) is 12.7. The fraction of sp³-hybridized carbons (Fsp3) is 0.243. The van der Waals surface area contributed by atoms with E-state index in [2.05, 4.69) is 0 Å². The maximum atomic E-state index is 16.0. The molecular formula is C115H102O30. The highest BCUT2D eigenvalue weighted by molar-refractivity contribution is 5.94. The van der Waals surface area contributed by atoms with Gasteiger partial charge in [0.2, 0.25) is 0 Å².